The second kappa shape index (κ2) is 8.35. The van der Waals surface area contributed by atoms with Gasteiger partial charge in [-0.05, 0) is 17.7 Å². The van der Waals surface area contributed by atoms with E-state index in [1.807, 2.05) is 22.9 Å². The van der Waals surface area contributed by atoms with Crippen LogP contribution in [0.2, 0.25) is 0 Å². The fourth-order valence-corrected chi connectivity index (χ4v) is 3.50. The Kier molecular flexibility index (Phi) is 5.48. The van der Waals surface area contributed by atoms with Gasteiger partial charge in [0, 0.05) is 31.6 Å². The van der Waals surface area contributed by atoms with Crippen LogP contribution in [0.25, 0.3) is 0 Å². The molecule has 0 unspecified atom stereocenters. The molecule has 1 aromatic heterocycles. The van der Waals surface area contributed by atoms with Crippen molar-refractivity contribution in [1.82, 2.24) is 20.0 Å². The number of amides is 1. The molecule has 3 aromatic rings. The van der Waals surface area contributed by atoms with E-state index in [-0.39, 0.29) is 18.3 Å². The van der Waals surface area contributed by atoms with Crippen molar-refractivity contribution in [2.24, 2.45) is 0 Å². The number of benzene rings is 2. The lowest BCUT2D eigenvalue weighted by Gasteiger charge is -2.26. The Morgan fingerprint density at radius 1 is 1.07 bits per heavy atom. The average Bonchev–Trinajstić information content (AvgIpc) is 3.09. The molecule has 1 N–H and O–H groups in total. The maximum absolute atomic E-state index is 13.7. The molecule has 0 radical (unpaired) electrons. The van der Waals surface area contributed by atoms with Crippen LogP contribution in [0.4, 0.5) is 4.39 Å². The number of aromatic nitrogens is 2. The minimum atomic E-state index is -0.296. The zero-order valence-electron chi connectivity index (χ0n) is 15.6. The number of carbonyl (C=O) groups excluding carboxylic acids is 1. The van der Waals surface area contributed by atoms with E-state index in [1.54, 1.807) is 18.2 Å². The summed E-state index contributed by atoms with van der Waals surface area (Å²) in [7, 11) is 0. The van der Waals surface area contributed by atoms with E-state index in [0.29, 0.717) is 18.7 Å². The van der Waals surface area contributed by atoms with Gasteiger partial charge in [0.25, 0.3) is 0 Å². The zero-order valence-corrected chi connectivity index (χ0v) is 15.6. The maximum atomic E-state index is 13.7. The van der Waals surface area contributed by atoms with Crippen LogP contribution in [0.5, 0.6) is 0 Å². The number of nitrogens with one attached hydrogen (secondary N) is 1. The minimum absolute atomic E-state index is 0.0965. The zero-order chi connectivity index (χ0) is 19.3. The summed E-state index contributed by atoms with van der Waals surface area (Å²) in [6.07, 6.45) is 0.809. The fraction of sp³-hybridized carbons (Fsp3) is 0.273. The summed E-state index contributed by atoms with van der Waals surface area (Å²) >= 11 is 0. The van der Waals surface area contributed by atoms with Gasteiger partial charge in [0.15, 0.2) is 0 Å². The minimum Gasteiger partial charge on any atom is -0.351 e. The Morgan fingerprint density at radius 2 is 1.86 bits per heavy atom. The average molecular weight is 378 g/mol. The lowest BCUT2D eigenvalue weighted by Crippen LogP contribution is -2.41. The quantitative estimate of drug-likeness (QED) is 0.718. The van der Waals surface area contributed by atoms with Gasteiger partial charge in [-0.2, -0.15) is 5.10 Å². The highest BCUT2D eigenvalue weighted by Crippen LogP contribution is 2.16. The smallest absolute Gasteiger partial charge is 0.234 e. The Hall–Kier alpha value is -2.99. The number of hydrogen-bond donors (Lipinski definition) is 1. The summed E-state index contributed by atoms with van der Waals surface area (Å²) in [4.78, 5) is 14.4. The summed E-state index contributed by atoms with van der Waals surface area (Å²) < 4.78 is 15.7. The third-order valence-corrected chi connectivity index (χ3v) is 4.96. The monoisotopic (exact) mass is 378 g/mol. The van der Waals surface area contributed by atoms with Crippen LogP contribution < -0.4 is 5.32 Å². The molecule has 0 spiro atoms. The van der Waals surface area contributed by atoms with Gasteiger partial charge in [0.1, 0.15) is 5.82 Å². The van der Waals surface area contributed by atoms with Gasteiger partial charge in [0.2, 0.25) is 5.91 Å². The molecule has 5 nitrogen and oxygen atoms in total. The lowest BCUT2D eigenvalue weighted by molar-refractivity contribution is -0.122. The molecule has 1 aliphatic heterocycles. The summed E-state index contributed by atoms with van der Waals surface area (Å²) in [6.45, 7) is 2.73. The van der Waals surface area contributed by atoms with Gasteiger partial charge in [-0.1, -0.05) is 48.5 Å². The molecular formula is C22H23FN4O. The topological polar surface area (TPSA) is 50.2 Å². The molecule has 0 saturated carbocycles. The molecule has 1 aliphatic rings. The molecule has 2 aromatic carbocycles. The van der Waals surface area contributed by atoms with Crippen molar-refractivity contribution >= 4 is 5.91 Å². The van der Waals surface area contributed by atoms with Crippen LogP contribution in [0.3, 0.4) is 0 Å². The SMILES string of the molecule is O=C(CN1CCn2nc(Cc3ccccc3)cc2C1)NCc1ccccc1F. The maximum Gasteiger partial charge on any atom is 0.234 e. The molecule has 1 amide bonds. The molecule has 0 atom stereocenters. The van der Waals surface area contributed by atoms with E-state index in [9.17, 15) is 9.18 Å². The standard InChI is InChI=1S/C22H23FN4O/c23-21-9-5-4-8-18(21)14-24-22(28)16-26-10-11-27-20(15-26)13-19(25-27)12-17-6-2-1-3-7-17/h1-9,13H,10-12,14-16H2,(H,24,28). The number of rotatable bonds is 6. The second-order valence-corrected chi connectivity index (χ2v) is 7.09. The molecular weight excluding hydrogens is 355 g/mol. The van der Waals surface area contributed by atoms with E-state index in [4.69, 9.17) is 5.10 Å². The molecule has 0 saturated heterocycles. The van der Waals surface area contributed by atoms with Crippen molar-refractivity contribution in [3.8, 4) is 0 Å². The van der Waals surface area contributed by atoms with E-state index >= 15 is 0 Å². The number of nitrogens with zero attached hydrogens (tertiary/aromatic N) is 3. The summed E-state index contributed by atoms with van der Waals surface area (Å²) in [5, 5.41) is 7.50. The van der Waals surface area contributed by atoms with Crippen LogP contribution in [0.15, 0.2) is 60.7 Å². The van der Waals surface area contributed by atoms with Gasteiger partial charge >= 0.3 is 0 Å². The van der Waals surface area contributed by atoms with Gasteiger partial charge in [-0.15, -0.1) is 0 Å². The molecule has 0 aliphatic carbocycles. The van der Waals surface area contributed by atoms with E-state index in [2.05, 4.69) is 28.4 Å². The largest absolute Gasteiger partial charge is 0.351 e. The van der Waals surface area contributed by atoms with Gasteiger partial charge in [-0.25, -0.2) is 4.39 Å². The first-order valence-electron chi connectivity index (χ1n) is 9.49. The van der Waals surface area contributed by atoms with Crippen LogP contribution >= 0.6 is 0 Å². The first-order valence-corrected chi connectivity index (χ1v) is 9.49. The van der Waals surface area contributed by atoms with Crippen LogP contribution in [-0.4, -0.2) is 33.7 Å². The third-order valence-electron chi connectivity index (χ3n) is 4.96. The summed E-state index contributed by atoms with van der Waals surface area (Å²) in [6, 6.07) is 18.9. The van der Waals surface area contributed by atoms with Gasteiger partial charge in [-0.3, -0.25) is 14.4 Å². The Morgan fingerprint density at radius 3 is 2.68 bits per heavy atom. The van der Waals surface area contributed by atoms with Crippen molar-refractivity contribution in [3.05, 3.63) is 89.0 Å². The number of halogens is 1. The van der Waals surface area contributed by atoms with E-state index in [0.717, 1.165) is 30.9 Å². The van der Waals surface area contributed by atoms with E-state index < -0.39 is 0 Å². The van der Waals surface area contributed by atoms with Crippen molar-refractivity contribution in [2.75, 3.05) is 13.1 Å². The van der Waals surface area contributed by atoms with Crippen molar-refractivity contribution in [2.45, 2.75) is 26.1 Å². The van der Waals surface area contributed by atoms with Crippen molar-refractivity contribution in [3.63, 3.8) is 0 Å². The Balaban J connectivity index is 1.31. The first kappa shape index (κ1) is 18.4. The summed E-state index contributed by atoms with van der Waals surface area (Å²) in [5.74, 6) is -0.392. The third kappa shape index (κ3) is 4.46. The molecule has 0 bridgehead atoms. The van der Waals surface area contributed by atoms with Gasteiger partial charge in [0.05, 0.1) is 24.5 Å². The highest BCUT2D eigenvalue weighted by Gasteiger charge is 2.20. The van der Waals surface area contributed by atoms with Gasteiger partial charge < -0.3 is 5.32 Å². The Labute approximate surface area is 163 Å². The fourth-order valence-electron chi connectivity index (χ4n) is 3.50. The molecule has 2 heterocycles. The molecule has 6 heteroatoms. The Bertz CT molecular complexity index is 954. The molecule has 4 rings (SSSR count). The van der Waals surface area contributed by atoms with E-state index in [1.165, 1.54) is 11.6 Å². The van der Waals surface area contributed by atoms with Crippen LogP contribution in [-0.2, 0) is 30.8 Å². The lowest BCUT2D eigenvalue weighted by atomic mass is 10.1. The normalized spacial score (nSPS) is 13.9. The van der Waals surface area contributed by atoms with Crippen LogP contribution in [0, 0.1) is 5.82 Å². The first-order chi connectivity index (χ1) is 13.7. The highest BCUT2D eigenvalue weighted by molar-refractivity contribution is 5.78. The number of fused-ring (bicyclic) bond motifs is 1. The molecule has 28 heavy (non-hydrogen) atoms. The predicted molar refractivity (Wildman–Crippen MR) is 105 cm³/mol. The molecule has 144 valence electrons. The second-order valence-electron chi connectivity index (χ2n) is 7.09. The number of carbonyl (C=O) groups is 1. The van der Waals surface area contributed by atoms with Crippen molar-refractivity contribution < 1.29 is 9.18 Å². The highest BCUT2D eigenvalue weighted by atomic mass is 19.1. The van der Waals surface area contributed by atoms with Crippen molar-refractivity contribution in [1.29, 1.82) is 0 Å². The van der Waals surface area contributed by atoms with Crippen LogP contribution in [0.1, 0.15) is 22.5 Å². The number of hydrogen-bond acceptors (Lipinski definition) is 3. The molecule has 0 fully saturated rings. The summed E-state index contributed by atoms with van der Waals surface area (Å²) in [5.41, 5.74) is 3.91. The predicted octanol–water partition coefficient (Wildman–Crippen LogP) is 2.75.